The van der Waals surface area contributed by atoms with Gasteiger partial charge in [0.15, 0.2) is 14.6 Å². The predicted molar refractivity (Wildman–Crippen MR) is 89.6 cm³/mol. The first-order valence-electron chi connectivity index (χ1n) is 6.67. The largest absolute Gasteiger partial charge is 0.573 e. The van der Waals surface area contributed by atoms with Crippen LogP contribution in [0.1, 0.15) is 6.92 Å². The van der Waals surface area contributed by atoms with E-state index in [1.54, 1.807) is 18.5 Å². The number of hydrogen-bond acceptors (Lipinski definition) is 5. The van der Waals surface area contributed by atoms with Crippen LogP contribution in [0.4, 0.5) is 13.2 Å². The number of thiazole rings is 1. The zero-order valence-corrected chi connectivity index (χ0v) is 15.3. The number of sulfone groups is 1. The van der Waals surface area contributed by atoms with E-state index in [2.05, 4.69) is 9.73 Å². The molecule has 2 rings (SSSR count). The molecule has 2 aromatic rings. The predicted octanol–water partition coefficient (Wildman–Crippen LogP) is 2.99. The van der Waals surface area contributed by atoms with Crippen molar-refractivity contribution in [2.45, 2.75) is 19.8 Å². The highest BCUT2D eigenvalue weighted by Gasteiger charge is 2.31. The SMILES string of the molecule is CCS(=O)(=O)CCn1/c(=N\C)sc2cc(OC(F)(F)F)ccc21.Cl. The molecule has 0 fully saturated rings. The molecule has 0 unspecified atom stereocenters. The van der Waals surface area contributed by atoms with E-state index in [4.69, 9.17) is 0 Å². The van der Waals surface area contributed by atoms with Crippen LogP contribution >= 0.6 is 23.7 Å². The minimum Gasteiger partial charge on any atom is -0.406 e. The smallest absolute Gasteiger partial charge is 0.406 e. The van der Waals surface area contributed by atoms with Crippen LogP contribution in [0, 0.1) is 0 Å². The van der Waals surface area contributed by atoms with Crippen molar-refractivity contribution in [3.05, 3.63) is 23.0 Å². The molecular formula is C13H16ClF3N2O3S2. The Hall–Kier alpha value is -1.26. The maximum atomic E-state index is 12.3. The third-order valence-corrected chi connectivity index (χ3v) is 5.96. The molecule has 0 amide bonds. The first-order chi connectivity index (χ1) is 10.6. The minimum atomic E-state index is -4.76. The number of hydrogen-bond donors (Lipinski definition) is 0. The minimum absolute atomic E-state index is 0. The van der Waals surface area contributed by atoms with Gasteiger partial charge in [0.25, 0.3) is 0 Å². The average Bonchev–Trinajstić information content (AvgIpc) is 2.80. The topological polar surface area (TPSA) is 60.7 Å². The van der Waals surface area contributed by atoms with E-state index in [1.807, 2.05) is 0 Å². The summed E-state index contributed by atoms with van der Waals surface area (Å²) in [6, 6.07) is 3.94. The van der Waals surface area contributed by atoms with Gasteiger partial charge in [-0.3, -0.25) is 4.99 Å². The third kappa shape index (κ3) is 5.12. The highest BCUT2D eigenvalue weighted by Crippen LogP contribution is 2.27. The number of aryl methyl sites for hydroxylation is 1. The number of aromatic nitrogens is 1. The van der Waals surface area contributed by atoms with Gasteiger partial charge in [0.1, 0.15) is 5.75 Å². The van der Waals surface area contributed by atoms with Crippen LogP contribution in [0.3, 0.4) is 0 Å². The van der Waals surface area contributed by atoms with Crippen molar-refractivity contribution in [3.8, 4) is 5.75 Å². The fraction of sp³-hybridized carbons (Fsp3) is 0.462. The fourth-order valence-electron chi connectivity index (χ4n) is 2.01. The molecule has 0 aliphatic heterocycles. The summed E-state index contributed by atoms with van der Waals surface area (Å²) in [7, 11) is -1.61. The molecule has 1 heterocycles. The van der Waals surface area contributed by atoms with Crippen LogP contribution in [-0.4, -0.2) is 37.9 Å². The molecule has 136 valence electrons. The lowest BCUT2D eigenvalue weighted by molar-refractivity contribution is -0.274. The summed E-state index contributed by atoms with van der Waals surface area (Å²) >= 11 is 1.18. The van der Waals surface area contributed by atoms with Crippen molar-refractivity contribution in [2.75, 3.05) is 18.6 Å². The van der Waals surface area contributed by atoms with Crippen molar-refractivity contribution in [2.24, 2.45) is 4.99 Å². The normalized spacial score (nSPS) is 13.1. The van der Waals surface area contributed by atoms with Crippen molar-refractivity contribution in [1.82, 2.24) is 4.57 Å². The number of benzene rings is 1. The van der Waals surface area contributed by atoms with Crippen molar-refractivity contribution >= 4 is 43.8 Å². The van der Waals surface area contributed by atoms with Gasteiger partial charge in [-0.05, 0) is 18.2 Å². The molecule has 5 nitrogen and oxygen atoms in total. The quantitative estimate of drug-likeness (QED) is 0.769. The molecule has 0 bridgehead atoms. The lowest BCUT2D eigenvalue weighted by Crippen LogP contribution is -2.21. The summed E-state index contributed by atoms with van der Waals surface area (Å²) < 4.78 is 66.3. The van der Waals surface area contributed by atoms with Crippen molar-refractivity contribution < 1.29 is 26.3 Å². The first-order valence-corrected chi connectivity index (χ1v) is 9.31. The van der Waals surface area contributed by atoms with Gasteiger partial charge < -0.3 is 9.30 Å². The van der Waals surface area contributed by atoms with Crippen LogP contribution in [-0.2, 0) is 16.4 Å². The van der Waals surface area contributed by atoms with Gasteiger partial charge in [-0.1, -0.05) is 18.3 Å². The zero-order chi connectivity index (χ0) is 17.3. The van der Waals surface area contributed by atoms with E-state index in [0.29, 0.717) is 15.0 Å². The number of alkyl halides is 3. The van der Waals surface area contributed by atoms with Crippen LogP contribution in [0.25, 0.3) is 10.2 Å². The molecule has 1 aromatic carbocycles. The molecule has 0 spiro atoms. The number of halogens is 4. The molecular weight excluding hydrogens is 389 g/mol. The molecule has 0 radical (unpaired) electrons. The number of fused-ring (bicyclic) bond motifs is 1. The number of ether oxygens (including phenoxy) is 1. The molecule has 11 heteroatoms. The lowest BCUT2D eigenvalue weighted by Gasteiger charge is -2.09. The summed E-state index contributed by atoms with van der Waals surface area (Å²) in [4.78, 5) is 4.60. The summed E-state index contributed by atoms with van der Waals surface area (Å²) in [5.41, 5.74) is 0.622. The Labute approximate surface area is 147 Å². The molecule has 0 saturated carbocycles. The highest BCUT2D eigenvalue weighted by atomic mass is 35.5. The summed E-state index contributed by atoms with van der Waals surface area (Å²) in [6.07, 6.45) is -4.76. The Bertz CT molecular complexity index is 873. The van der Waals surface area contributed by atoms with Gasteiger partial charge >= 0.3 is 6.36 Å². The van der Waals surface area contributed by atoms with Crippen LogP contribution < -0.4 is 9.54 Å². The second-order valence-electron chi connectivity index (χ2n) is 4.67. The van der Waals surface area contributed by atoms with E-state index < -0.39 is 16.2 Å². The summed E-state index contributed by atoms with van der Waals surface area (Å²) in [5.74, 6) is -0.330. The fourth-order valence-corrected chi connectivity index (χ4v) is 3.81. The van der Waals surface area contributed by atoms with Gasteiger partial charge in [-0.2, -0.15) is 0 Å². The van der Waals surface area contributed by atoms with Gasteiger partial charge in [0, 0.05) is 19.3 Å². The molecule has 1 aromatic heterocycles. The van der Waals surface area contributed by atoms with E-state index in [-0.39, 0.29) is 36.2 Å². The van der Waals surface area contributed by atoms with Crippen LogP contribution in [0.15, 0.2) is 23.2 Å². The molecule has 24 heavy (non-hydrogen) atoms. The van der Waals surface area contributed by atoms with E-state index >= 15 is 0 Å². The lowest BCUT2D eigenvalue weighted by atomic mass is 10.3. The first kappa shape index (κ1) is 20.8. The maximum absolute atomic E-state index is 12.3. The van der Waals surface area contributed by atoms with Crippen LogP contribution in [0.2, 0.25) is 0 Å². The highest BCUT2D eigenvalue weighted by molar-refractivity contribution is 7.91. The zero-order valence-electron chi connectivity index (χ0n) is 12.8. The molecule has 0 saturated heterocycles. The molecule has 0 aliphatic carbocycles. The van der Waals surface area contributed by atoms with Gasteiger partial charge in [0.2, 0.25) is 0 Å². The van der Waals surface area contributed by atoms with Crippen molar-refractivity contribution in [1.29, 1.82) is 0 Å². The van der Waals surface area contributed by atoms with E-state index in [0.717, 1.165) is 0 Å². The third-order valence-electron chi connectivity index (χ3n) is 3.14. The van der Waals surface area contributed by atoms with E-state index in [1.165, 1.54) is 29.5 Å². The molecule has 0 aliphatic rings. The summed E-state index contributed by atoms with van der Waals surface area (Å²) in [6.45, 7) is 1.76. The van der Waals surface area contributed by atoms with Gasteiger partial charge in [0.05, 0.1) is 16.0 Å². The Morgan fingerprint density at radius 1 is 1.33 bits per heavy atom. The van der Waals surface area contributed by atoms with E-state index in [9.17, 15) is 21.6 Å². The molecule has 0 atom stereocenters. The standard InChI is InChI=1S/C13H15F3N2O3S2.ClH/c1-3-23(19,20)7-6-18-10-5-4-9(21-13(14,15)16)8-11(10)22-12(18)17-2;/h4-5,8H,3,6-7H2,1-2H3;1H/b17-12+;. The average molecular weight is 405 g/mol. The monoisotopic (exact) mass is 404 g/mol. The Morgan fingerprint density at radius 3 is 2.54 bits per heavy atom. The second kappa shape index (κ2) is 7.75. The second-order valence-corrected chi connectivity index (χ2v) is 8.16. The van der Waals surface area contributed by atoms with Gasteiger partial charge in [-0.25, -0.2) is 8.42 Å². The Morgan fingerprint density at radius 2 is 2.00 bits per heavy atom. The van der Waals surface area contributed by atoms with Crippen LogP contribution in [0.5, 0.6) is 5.75 Å². The molecule has 0 N–H and O–H groups in total. The van der Waals surface area contributed by atoms with Gasteiger partial charge in [-0.15, -0.1) is 25.6 Å². The maximum Gasteiger partial charge on any atom is 0.573 e. The van der Waals surface area contributed by atoms with Crippen molar-refractivity contribution in [3.63, 3.8) is 0 Å². The Kier molecular flexibility index (Phi) is 6.71. The summed E-state index contributed by atoms with van der Waals surface area (Å²) in [5, 5.41) is 0. The Balaban J connectivity index is 0.00000288. The number of nitrogens with zero attached hydrogens (tertiary/aromatic N) is 2. The number of rotatable bonds is 5.